The summed E-state index contributed by atoms with van der Waals surface area (Å²) < 4.78 is 0. The molecule has 0 radical (unpaired) electrons. The lowest BCUT2D eigenvalue weighted by atomic mass is 9.99. The summed E-state index contributed by atoms with van der Waals surface area (Å²) >= 11 is 0. The van der Waals surface area contributed by atoms with Crippen molar-refractivity contribution in [3.63, 3.8) is 0 Å². The van der Waals surface area contributed by atoms with E-state index < -0.39 is 11.9 Å². The first-order chi connectivity index (χ1) is 8.02. The normalized spacial score (nSPS) is 12.2. The van der Waals surface area contributed by atoms with E-state index in [2.05, 4.69) is 5.32 Å². The summed E-state index contributed by atoms with van der Waals surface area (Å²) in [5.74, 6) is -1.90. The van der Waals surface area contributed by atoms with Crippen molar-refractivity contribution in [1.82, 2.24) is 5.32 Å². The van der Waals surface area contributed by atoms with Gasteiger partial charge in [-0.15, -0.1) is 0 Å². The van der Waals surface area contributed by atoms with Crippen LogP contribution in [-0.4, -0.2) is 23.5 Å². The molecule has 17 heavy (non-hydrogen) atoms. The van der Waals surface area contributed by atoms with E-state index in [1.165, 1.54) is 0 Å². The average molecular weight is 235 g/mol. The van der Waals surface area contributed by atoms with Gasteiger partial charge < -0.3 is 10.4 Å². The molecule has 0 saturated heterocycles. The topological polar surface area (TPSA) is 66.4 Å². The molecule has 0 fully saturated rings. The van der Waals surface area contributed by atoms with Crippen molar-refractivity contribution in [2.24, 2.45) is 5.92 Å². The van der Waals surface area contributed by atoms with E-state index in [9.17, 15) is 9.59 Å². The summed E-state index contributed by atoms with van der Waals surface area (Å²) in [7, 11) is 0. The third-order valence-corrected chi connectivity index (χ3v) is 2.50. The second kappa shape index (κ2) is 6.03. The van der Waals surface area contributed by atoms with E-state index in [0.29, 0.717) is 5.56 Å². The molecule has 92 valence electrons. The van der Waals surface area contributed by atoms with E-state index in [4.69, 9.17) is 5.11 Å². The maximum absolute atomic E-state index is 11.4. The second-order valence-electron chi connectivity index (χ2n) is 4.20. The van der Waals surface area contributed by atoms with Crippen LogP contribution in [0.1, 0.15) is 25.3 Å². The maximum atomic E-state index is 11.4. The van der Waals surface area contributed by atoms with Gasteiger partial charge in [-0.3, -0.25) is 9.59 Å². The fourth-order valence-electron chi connectivity index (χ4n) is 1.44. The average Bonchev–Trinajstić information content (AvgIpc) is 2.29. The van der Waals surface area contributed by atoms with Crippen molar-refractivity contribution < 1.29 is 14.7 Å². The molecule has 0 aliphatic rings. The third-order valence-electron chi connectivity index (χ3n) is 2.50. The summed E-state index contributed by atoms with van der Waals surface area (Å²) in [5.41, 5.74) is 0.698. The number of carbonyl (C=O) groups excluding carboxylic acids is 1. The maximum Gasteiger partial charge on any atom is 0.312 e. The minimum Gasteiger partial charge on any atom is -0.481 e. The molecule has 1 atom stereocenters. The number of aliphatic carboxylic acids is 1. The Kier molecular flexibility index (Phi) is 4.69. The van der Waals surface area contributed by atoms with Crippen molar-refractivity contribution in [2.75, 3.05) is 6.54 Å². The molecule has 1 aromatic rings. The van der Waals surface area contributed by atoms with Gasteiger partial charge in [0.05, 0.1) is 5.92 Å². The third kappa shape index (κ3) is 3.90. The van der Waals surface area contributed by atoms with Gasteiger partial charge in [-0.2, -0.15) is 0 Å². The fourth-order valence-corrected chi connectivity index (χ4v) is 1.44. The predicted octanol–water partition coefficient (Wildman–Crippen LogP) is 1.63. The Labute approximate surface area is 101 Å². The van der Waals surface area contributed by atoms with Gasteiger partial charge in [0.1, 0.15) is 0 Å². The quantitative estimate of drug-likeness (QED) is 0.815. The number of hydrogen-bond acceptors (Lipinski definition) is 2. The number of benzene rings is 1. The molecule has 0 heterocycles. The van der Waals surface area contributed by atoms with Crippen LogP contribution < -0.4 is 5.32 Å². The van der Waals surface area contributed by atoms with E-state index in [0.717, 1.165) is 0 Å². The number of carbonyl (C=O) groups is 2. The Hall–Kier alpha value is -1.84. The molecular formula is C13H17NO3. The number of rotatable bonds is 5. The Morgan fingerprint density at radius 2 is 1.82 bits per heavy atom. The lowest BCUT2D eigenvalue weighted by molar-refractivity contribution is -0.138. The molecule has 0 aromatic heterocycles. The fraction of sp³-hybridized carbons (Fsp3) is 0.385. The van der Waals surface area contributed by atoms with Gasteiger partial charge in [-0.25, -0.2) is 0 Å². The molecule has 1 rings (SSSR count). The van der Waals surface area contributed by atoms with Crippen LogP contribution in [0.5, 0.6) is 0 Å². The molecule has 0 aliphatic carbocycles. The van der Waals surface area contributed by atoms with Crippen molar-refractivity contribution >= 4 is 11.9 Å². The zero-order chi connectivity index (χ0) is 12.8. The van der Waals surface area contributed by atoms with Gasteiger partial charge in [0.2, 0.25) is 5.91 Å². The van der Waals surface area contributed by atoms with Crippen molar-refractivity contribution in [1.29, 1.82) is 0 Å². The number of hydrogen-bond donors (Lipinski definition) is 2. The molecule has 2 N–H and O–H groups in total. The van der Waals surface area contributed by atoms with Crippen molar-refractivity contribution in [3.05, 3.63) is 35.9 Å². The van der Waals surface area contributed by atoms with Gasteiger partial charge in [0.25, 0.3) is 0 Å². The summed E-state index contributed by atoms with van der Waals surface area (Å²) in [4.78, 5) is 22.5. The van der Waals surface area contributed by atoms with Crippen molar-refractivity contribution in [3.8, 4) is 0 Å². The molecule has 0 spiro atoms. The first-order valence-electron chi connectivity index (χ1n) is 5.58. The van der Waals surface area contributed by atoms with Crippen LogP contribution in [0, 0.1) is 5.92 Å². The zero-order valence-electron chi connectivity index (χ0n) is 10.0. The summed E-state index contributed by atoms with van der Waals surface area (Å²) in [5, 5.41) is 11.8. The highest BCUT2D eigenvalue weighted by molar-refractivity contribution is 5.80. The standard InChI is InChI=1S/C13H17NO3/c1-9(2)12(15)14-8-11(13(16)17)10-6-4-3-5-7-10/h3-7,9,11H,8H2,1-2H3,(H,14,15)(H,16,17). The lowest BCUT2D eigenvalue weighted by Crippen LogP contribution is -2.34. The van der Waals surface area contributed by atoms with Gasteiger partial charge >= 0.3 is 5.97 Å². The molecule has 0 aliphatic heterocycles. The Morgan fingerprint density at radius 1 is 1.24 bits per heavy atom. The molecule has 1 unspecified atom stereocenters. The van der Waals surface area contributed by atoms with E-state index in [1.807, 2.05) is 6.07 Å². The zero-order valence-corrected chi connectivity index (χ0v) is 10.0. The molecule has 0 bridgehead atoms. The Bertz CT molecular complexity index is 387. The van der Waals surface area contributed by atoms with E-state index in [1.54, 1.807) is 38.1 Å². The molecule has 4 heteroatoms. The van der Waals surface area contributed by atoms with Gasteiger partial charge in [-0.1, -0.05) is 44.2 Å². The highest BCUT2D eigenvalue weighted by Crippen LogP contribution is 2.14. The number of carboxylic acid groups (broad SMARTS) is 1. The monoisotopic (exact) mass is 235 g/mol. The smallest absolute Gasteiger partial charge is 0.312 e. The number of amides is 1. The lowest BCUT2D eigenvalue weighted by Gasteiger charge is -2.14. The largest absolute Gasteiger partial charge is 0.481 e. The highest BCUT2D eigenvalue weighted by Gasteiger charge is 2.20. The SMILES string of the molecule is CC(C)C(=O)NCC(C(=O)O)c1ccccc1. The summed E-state index contributed by atoms with van der Waals surface area (Å²) in [6.07, 6.45) is 0. The van der Waals surface area contributed by atoms with Crippen molar-refractivity contribution in [2.45, 2.75) is 19.8 Å². The molecule has 1 amide bonds. The van der Waals surface area contributed by atoms with Crippen LogP contribution in [0.2, 0.25) is 0 Å². The summed E-state index contributed by atoms with van der Waals surface area (Å²) in [6, 6.07) is 8.90. The molecule has 4 nitrogen and oxygen atoms in total. The van der Waals surface area contributed by atoms with Crippen LogP contribution in [-0.2, 0) is 9.59 Å². The minimum absolute atomic E-state index is 0.121. The van der Waals surface area contributed by atoms with Gasteiger partial charge in [-0.05, 0) is 5.56 Å². The first-order valence-corrected chi connectivity index (χ1v) is 5.58. The van der Waals surface area contributed by atoms with E-state index in [-0.39, 0.29) is 18.4 Å². The Balaban J connectivity index is 2.69. The van der Waals surface area contributed by atoms with E-state index >= 15 is 0 Å². The molecule has 1 aromatic carbocycles. The summed E-state index contributed by atoms with van der Waals surface area (Å²) in [6.45, 7) is 3.66. The van der Waals surface area contributed by atoms with Crippen LogP contribution in [0.15, 0.2) is 30.3 Å². The van der Waals surface area contributed by atoms with Gasteiger partial charge in [0, 0.05) is 12.5 Å². The van der Waals surface area contributed by atoms with Crippen LogP contribution >= 0.6 is 0 Å². The first kappa shape index (κ1) is 13.2. The Morgan fingerprint density at radius 3 is 2.29 bits per heavy atom. The van der Waals surface area contributed by atoms with Crippen LogP contribution in [0.4, 0.5) is 0 Å². The predicted molar refractivity (Wildman–Crippen MR) is 64.7 cm³/mol. The molecular weight excluding hydrogens is 218 g/mol. The number of nitrogens with one attached hydrogen (secondary N) is 1. The van der Waals surface area contributed by atoms with Crippen LogP contribution in [0.25, 0.3) is 0 Å². The van der Waals surface area contributed by atoms with Crippen LogP contribution in [0.3, 0.4) is 0 Å². The highest BCUT2D eigenvalue weighted by atomic mass is 16.4. The molecule has 0 saturated carbocycles. The second-order valence-corrected chi connectivity index (χ2v) is 4.20. The minimum atomic E-state index is -0.930. The number of carboxylic acids is 1. The van der Waals surface area contributed by atoms with Gasteiger partial charge in [0.15, 0.2) is 0 Å².